The molecule has 3 aromatic heterocycles. The fourth-order valence-electron chi connectivity index (χ4n) is 4.05. The lowest BCUT2D eigenvalue weighted by atomic mass is 9.98. The number of ether oxygens (including phenoxy) is 1. The van der Waals surface area contributed by atoms with Gasteiger partial charge in [0.25, 0.3) is 0 Å². The van der Waals surface area contributed by atoms with Crippen molar-refractivity contribution < 1.29 is 9.53 Å². The second-order valence-electron chi connectivity index (χ2n) is 7.98. The van der Waals surface area contributed by atoms with E-state index in [1.807, 2.05) is 35.8 Å². The van der Waals surface area contributed by atoms with Crippen LogP contribution in [0.25, 0.3) is 16.3 Å². The Morgan fingerprint density at radius 3 is 2.56 bits per heavy atom. The topological polar surface area (TPSA) is 95.2 Å². The number of methoxy groups -OCH3 is 1. The van der Waals surface area contributed by atoms with Crippen LogP contribution in [-0.4, -0.2) is 43.5 Å². The van der Waals surface area contributed by atoms with Crippen molar-refractivity contribution in [1.29, 1.82) is 0 Å². The van der Waals surface area contributed by atoms with E-state index in [1.165, 1.54) is 18.2 Å². The highest BCUT2D eigenvalue weighted by Gasteiger charge is 2.32. The molecule has 1 aromatic carbocycles. The molecule has 0 fully saturated rings. The molecule has 1 aliphatic rings. The maximum absolute atomic E-state index is 12.2. The van der Waals surface area contributed by atoms with Crippen molar-refractivity contribution in [2.45, 2.75) is 33.2 Å². The van der Waals surface area contributed by atoms with Crippen molar-refractivity contribution in [1.82, 2.24) is 24.7 Å². The molecule has 5 rings (SSSR count). The van der Waals surface area contributed by atoms with Crippen molar-refractivity contribution in [2.75, 3.05) is 7.11 Å². The Balaban J connectivity index is 1.68. The summed E-state index contributed by atoms with van der Waals surface area (Å²) >= 11 is 7.69. The van der Waals surface area contributed by atoms with Crippen molar-refractivity contribution in [2.24, 2.45) is 4.99 Å². The molecular weight excluding hydrogens is 472 g/mol. The van der Waals surface area contributed by atoms with Crippen molar-refractivity contribution in [3.05, 3.63) is 75.0 Å². The van der Waals surface area contributed by atoms with Gasteiger partial charge in [-0.2, -0.15) is 0 Å². The third kappa shape index (κ3) is 3.80. The molecule has 1 aliphatic heterocycles. The number of esters is 1. The first-order chi connectivity index (χ1) is 16.4. The lowest BCUT2D eigenvalue weighted by molar-refractivity contribution is -0.141. The smallest absolute Gasteiger partial charge is 0.308 e. The summed E-state index contributed by atoms with van der Waals surface area (Å²) in [4.78, 5) is 27.0. The zero-order valence-corrected chi connectivity index (χ0v) is 20.6. The molecule has 0 N–H and O–H groups in total. The van der Waals surface area contributed by atoms with Gasteiger partial charge in [0.2, 0.25) is 0 Å². The summed E-state index contributed by atoms with van der Waals surface area (Å²) < 4.78 is 6.96. The highest BCUT2D eigenvalue weighted by molar-refractivity contribution is 7.15. The van der Waals surface area contributed by atoms with E-state index in [4.69, 9.17) is 21.3 Å². The number of aromatic nitrogens is 5. The SMILES string of the molecule is COC(=O)C[C@@H]1N=C(c2ccc(-c3cncc(Cl)n3)cc2)c2c(sc(C)c2C)-n2c(C)nnc21. The summed E-state index contributed by atoms with van der Waals surface area (Å²) in [6, 6.07) is 7.42. The van der Waals surface area contributed by atoms with E-state index in [-0.39, 0.29) is 12.4 Å². The molecule has 8 nitrogen and oxygen atoms in total. The summed E-state index contributed by atoms with van der Waals surface area (Å²) in [5.74, 6) is 1.03. The zero-order chi connectivity index (χ0) is 24.0. The van der Waals surface area contributed by atoms with Gasteiger partial charge >= 0.3 is 5.97 Å². The molecule has 0 bridgehead atoms. The van der Waals surface area contributed by atoms with E-state index in [0.29, 0.717) is 16.7 Å². The van der Waals surface area contributed by atoms with Crippen LogP contribution >= 0.6 is 22.9 Å². The number of nitrogens with zero attached hydrogens (tertiary/aromatic N) is 6. The average molecular weight is 493 g/mol. The third-order valence-electron chi connectivity index (χ3n) is 5.89. The van der Waals surface area contributed by atoms with Gasteiger partial charge in [-0.25, -0.2) is 4.98 Å². The van der Waals surface area contributed by atoms with Crippen LogP contribution in [0, 0.1) is 20.8 Å². The Morgan fingerprint density at radius 2 is 1.85 bits per heavy atom. The van der Waals surface area contributed by atoms with Crippen LogP contribution in [0.4, 0.5) is 0 Å². The molecule has 0 radical (unpaired) electrons. The number of hydrogen-bond acceptors (Lipinski definition) is 8. The van der Waals surface area contributed by atoms with Gasteiger partial charge in [0, 0.05) is 21.6 Å². The molecule has 0 spiro atoms. The van der Waals surface area contributed by atoms with E-state index in [9.17, 15) is 4.79 Å². The van der Waals surface area contributed by atoms with Crippen LogP contribution in [0.5, 0.6) is 0 Å². The number of aryl methyl sites for hydroxylation is 2. The summed E-state index contributed by atoms with van der Waals surface area (Å²) in [6.45, 7) is 6.10. The van der Waals surface area contributed by atoms with Crippen LogP contribution in [0.2, 0.25) is 5.15 Å². The Kier molecular flexibility index (Phi) is 5.75. The highest BCUT2D eigenvalue weighted by atomic mass is 35.5. The minimum Gasteiger partial charge on any atom is -0.469 e. The fourth-order valence-corrected chi connectivity index (χ4v) is 5.41. The number of carbonyl (C=O) groups is 1. The van der Waals surface area contributed by atoms with Gasteiger partial charge < -0.3 is 4.74 Å². The molecule has 4 heterocycles. The van der Waals surface area contributed by atoms with Gasteiger partial charge in [0.15, 0.2) is 5.82 Å². The highest BCUT2D eigenvalue weighted by Crippen LogP contribution is 2.39. The van der Waals surface area contributed by atoms with E-state index >= 15 is 0 Å². The molecule has 172 valence electrons. The van der Waals surface area contributed by atoms with Crippen LogP contribution in [0.1, 0.15) is 45.7 Å². The van der Waals surface area contributed by atoms with Crippen molar-refractivity contribution in [3.63, 3.8) is 0 Å². The fraction of sp³-hybridized carbons (Fsp3) is 0.250. The second kappa shape index (κ2) is 8.73. The molecule has 34 heavy (non-hydrogen) atoms. The van der Waals surface area contributed by atoms with E-state index in [0.717, 1.165) is 38.8 Å². The molecule has 0 saturated carbocycles. The summed E-state index contributed by atoms with van der Waals surface area (Å²) in [5.41, 5.74) is 5.48. The van der Waals surface area contributed by atoms with Crippen LogP contribution in [-0.2, 0) is 9.53 Å². The number of aliphatic imine (C=N–C) groups is 1. The molecule has 1 atom stereocenters. The van der Waals surface area contributed by atoms with Gasteiger partial charge in [0.1, 0.15) is 22.0 Å². The van der Waals surface area contributed by atoms with Crippen LogP contribution in [0.3, 0.4) is 0 Å². The predicted octanol–water partition coefficient (Wildman–Crippen LogP) is 4.82. The Bertz CT molecular complexity index is 1440. The maximum atomic E-state index is 12.2. The molecule has 10 heteroatoms. The van der Waals surface area contributed by atoms with E-state index in [2.05, 4.69) is 34.0 Å². The largest absolute Gasteiger partial charge is 0.469 e. The quantitative estimate of drug-likeness (QED) is 0.379. The van der Waals surface area contributed by atoms with Gasteiger partial charge in [-0.15, -0.1) is 21.5 Å². The standard InChI is InChI=1S/C24H21ClN6O2S/c1-12-13(2)34-24-21(12)22(16-7-5-15(6-8-16)18-10-26-11-19(25)27-18)28-17(9-20(32)33-4)23-30-29-14(3)31(23)24/h5-8,10-11,17H,9H2,1-4H3/t17-/m0/s1. The average Bonchev–Trinajstić information content (AvgIpc) is 3.31. The normalized spacial score (nSPS) is 14.7. The van der Waals surface area contributed by atoms with Crippen molar-refractivity contribution in [3.8, 4) is 16.3 Å². The zero-order valence-electron chi connectivity index (χ0n) is 19.0. The van der Waals surface area contributed by atoms with Crippen molar-refractivity contribution >= 4 is 34.6 Å². The molecular formula is C24H21ClN6O2S. The number of rotatable bonds is 4. The summed E-state index contributed by atoms with van der Waals surface area (Å²) in [6.07, 6.45) is 3.25. The lowest BCUT2D eigenvalue weighted by Gasteiger charge is -2.12. The molecule has 4 aromatic rings. The lowest BCUT2D eigenvalue weighted by Crippen LogP contribution is -2.12. The number of fused-ring (bicyclic) bond motifs is 3. The first kappa shape index (κ1) is 22.4. The van der Waals surface area contributed by atoms with Gasteiger partial charge in [-0.05, 0) is 26.3 Å². The van der Waals surface area contributed by atoms with Crippen LogP contribution in [0.15, 0.2) is 41.7 Å². The molecule has 0 saturated heterocycles. The number of hydrogen-bond donors (Lipinski definition) is 0. The Labute approximate surface area is 205 Å². The first-order valence-corrected chi connectivity index (χ1v) is 11.8. The third-order valence-corrected chi connectivity index (χ3v) is 7.26. The Hall–Kier alpha value is -3.43. The molecule has 0 amide bonds. The summed E-state index contributed by atoms with van der Waals surface area (Å²) in [5, 5.41) is 10.0. The maximum Gasteiger partial charge on any atom is 0.308 e. The minimum absolute atomic E-state index is 0.0707. The summed E-state index contributed by atoms with van der Waals surface area (Å²) in [7, 11) is 1.38. The molecule has 0 aliphatic carbocycles. The number of carbonyl (C=O) groups excluding carboxylic acids is 1. The van der Waals surface area contributed by atoms with E-state index < -0.39 is 6.04 Å². The predicted molar refractivity (Wildman–Crippen MR) is 131 cm³/mol. The van der Waals surface area contributed by atoms with Gasteiger partial charge in [0.05, 0.1) is 37.3 Å². The van der Waals surface area contributed by atoms with E-state index in [1.54, 1.807) is 17.5 Å². The van der Waals surface area contributed by atoms with Crippen LogP contribution < -0.4 is 0 Å². The number of thiophene rings is 1. The molecule has 0 unspecified atom stereocenters. The van der Waals surface area contributed by atoms with Gasteiger partial charge in [-0.1, -0.05) is 35.9 Å². The minimum atomic E-state index is -0.526. The first-order valence-electron chi connectivity index (χ1n) is 10.6. The number of benzene rings is 1. The monoisotopic (exact) mass is 492 g/mol. The second-order valence-corrected chi connectivity index (χ2v) is 9.57. The number of halogens is 1. The Morgan fingerprint density at radius 1 is 1.12 bits per heavy atom. The van der Waals surface area contributed by atoms with Gasteiger partial charge in [-0.3, -0.25) is 19.3 Å².